The van der Waals surface area contributed by atoms with E-state index >= 15 is 0 Å². The molecule has 2 aliphatic heterocycles. The highest BCUT2D eigenvalue weighted by molar-refractivity contribution is 5.43. The molecule has 98 valence electrons. The molecule has 0 bridgehead atoms. The summed E-state index contributed by atoms with van der Waals surface area (Å²) in [6, 6.07) is 0.695. The lowest BCUT2D eigenvalue weighted by molar-refractivity contribution is 0.133. The van der Waals surface area contributed by atoms with Crippen LogP contribution >= 0.6 is 0 Å². The van der Waals surface area contributed by atoms with E-state index < -0.39 is 0 Å². The molecular formula is C13H21N5. The summed E-state index contributed by atoms with van der Waals surface area (Å²) in [5.41, 5.74) is 6.67. The normalized spacial score (nSPS) is 24.9. The topological polar surface area (TPSA) is 58.3 Å². The minimum atomic E-state index is 0.466. The Morgan fingerprint density at radius 2 is 2.06 bits per heavy atom. The van der Waals surface area contributed by atoms with Gasteiger partial charge in [0.15, 0.2) is 5.82 Å². The van der Waals surface area contributed by atoms with Crippen LogP contribution in [0.3, 0.4) is 0 Å². The second kappa shape index (κ2) is 5.20. The molecule has 2 saturated heterocycles. The van der Waals surface area contributed by atoms with Gasteiger partial charge in [-0.15, -0.1) is 0 Å². The van der Waals surface area contributed by atoms with E-state index in [9.17, 15) is 0 Å². The molecule has 0 aliphatic carbocycles. The molecule has 2 aliphatic rings. The van der Waals surface area contributed by atoms with E-state index in [0.29, 0.717) is 12.6 Å². The van der Waals surface area contributed by atoms with Crippen molar-refractivity contribution in [1.82, 2.24) is 14.9 Å². The number of hydrogen-bond acceptors (Lipinski definition) is 5. The van der Waals surface area contributed by atoms with E-state index in [1.807, 2.05) is 0 Å². The van der Waals surface area contributed by atoms with Crippen LogP contribution in [0.2, 0.25) is 0 Å². The molecule has 2 fully saturated rings. The SMILES string of the molecule is NCc1nccnc1N1CCN2CCCCC2C1. The molecule has 1 aromatic rings. The van der Waals surface area contributed by atoms with E-state index in [-0.39, 0.29) is 0 Å². The Bertz CT molecular complexity index is 408. The summed E-state index contributed by atoms with van der Waals surface area (Å²) >= 11 is 0. The van der Waals surface area contributed by atoms with E-state index in [0.717, 1.165) is 31.1 Å². The van der Waals surface area contributed by atoms with Crippen LogP contribution < -0.4 is 10.6 Å². The van der Waals surface area contributed by atoms with Gasteiger partial charge in [-0.25, -0.2) is 4.98 Å². The standard InChI is InChI=1S/C13H21N5/c14-9-12-13(16-5-4-15-12)18-8-7-17-6-2-1-3-11(17)10-18/h4-5,11H,1-3,6-10,14H2. The molecule has 2 N–H and O–H groups in total. The van der Waals surface area contributed by atoms with Crippen molar-refractivity contribution in [3.05, 3.63) is 18.1 Å². The number of rotatable bonds is 2. The lowest BCUT2D eigenvalue weighted by atomic mass is 9.99. The van der Waals surface area contributed by atoms with Gasteiger partial charge in [0.2, 0.25) is 0 Å². The third-order valence-electron chi connectivity index (χ3n) is 4.08. The summed E-state index contributed by atoms with van der Waals surface area (Å²) in [5.74, 6) is 0.991. The van der Waals surface area contributed by atoms with Crippen molar-refractivity contribution in [1.29, 1.82) is 0 Å². The smallest absolute Gasteiger partial charge is 0.151 e. The zero-order valence-electron chi connectivity index (χ0n) is 10.8. The van der Waals surface area contributed by atoms with Crippen LogP contribution in [-0.4, -0.2) is 47.1 Å². The maximum absolute atomic E-state index is 5.75. The van der Waals surface area contributed by atoms with Gasteiger partial charge in [-0.1, -0.05) is 6.42 Å². The largest absolute Gasteiger partial charge is 0.352 e. The first-order chi connectivity index (χ1) is 8.88. The summed E-state index contributed by atoms with van der Waals surface area (Å²) < 4.78 is 0. The molecule has 5 nitrogen and oxygen atoms in total. The predicted molar refractivity (Wildman–Crippen MR) is 71.3 cm³/mol. The van der Waals surface area contributed by atoms with Crippen molar-refractivity contribution in [3.63, 3.8) is 0 Å². The highest BCUT2D eigenvalue weighted by Crippen LogP contribution is 2.24. The number of aromatic nitrogens is 2. The molecule has 1 aromatic heterocycles. The highest BCUT2D eigenvalue weighted by atomic mass is 15.3. The summed E-state index contributed by atoms with van der Waals surface area (Å²) in [6.07, 6.45) is 7.52. The first-order valence-corrected chi connectivity index (χ1v) is 6.87. The first kappa shape index (κ1) is 11.9. The van der Waals surface area contributed by atoms with Gasteiger partial charge in [-0.2, -0.15) is 0 Å². The Kier molecular flexibility index (Phi) is 3.43. The Balaban J connectivity index is 1.77. The Morgan fingerprint density at radius 1 is 1.17 bits per heavy atom. The molecule has 0 aromatic carbocycles. The maximum Gasteiger partial charge on any atom is 0.151 e. The minimum Gasteiger partial charge on any atom is -0.352 e. The van der Waals surface area contributed by atoms with Gasteiger partial charge in [0, 0.05) is 44.6 Å². The van der Waals surface area contributed by atoms with Crippen molar-refractivity contribution in [2.75, 3.05) is 31.1 Å². The van der Waals surface area contributed by atoms with E-state index in [1.165, 1.54) is 25.8 Å². The summed E-state index contributed by atoms with van der Waals surface area (Å²) in [4.78, 5) is 13.8. The number of piperidine rings is 1. The summed E-state index contributed by atoms with van der Waals surface area (Å²) in [7, 11) is 0. The van der Waals surface area contributed by atoms with Gasteiger partial charge in [0.1, 0.15) is 0 Å². The molecule has 0 amide bonds. The van der Waals surface area contributed by atoms with E-state index in [4.69, 9.17) is 5.73 Å². The molecule has 0 spiro atoms. The molecule has 5 heteroatoms. The predicted octanol–water partition coefficient (Wildman–Crippen LogP) is 0.610. The zero-order valence-corrected chi connectivity index (χ0v) is 10.8. The fraction of sp³-hybridized carbons (Fsp3) is 0.692. The number of nitrogens with zero attached hydrogens (tertiary/aromatic N) is 4. The summed E-state index contributed by atoms with van der Waals surface area (Å²) in [5, 5.41) is 0. The van der Waals surface area contributed by atoms with Gasteiger partial charge in [0.05, 0.1) is 5.69 Å². The van der Waals surface area contributed by atoms with Crippen molar-refractivity contribution in [2.24, 2.45) is 5.73 Å². The van der Waals surface area contributed by atoms with E-state index in [2.05, 4.69) is 19.8 Å². The minimum absolute atomic E-state index is 0.466. The molecule has 18 heavy (non-hydrogen) atoms. The van der Waals surface area contributed by atoms with Crippen LogP contribution in [0.25, 0.3) is 0 Å². The molecule has 1 unspecified atom stereocenters. The number of piperazine rings is 1. The number of fused-ring (bicyclic) bond motifs is 1. The van der Waals surface area contributed by atoms with Crippen LogP contribution in [0, 0.1) is 0 Å². The monoisotopic (exact) mass is 247 g/mol. The molecule has 1 atom stereocenters. The van der Waals surface area contributed by atoms with Crippen molar-refractivity contribution < 1.29 is 0 Å². The lowest BCUT2D eigenvalue weighted by Gasteiger charge is -2.44. The third-order valence-corrected chi connectivity index (χ3v) is 4.08. The van der Waals surface area contributed by atoms with Crippen LogP contribution in [0.5, 0.6) is 0 Å². The molecule has 3 rings (SSSR count). The Hall–Kier alpha value is -1.20. The van der Waals surface area contributed by atoms with Crippen molar-refractivity contribution in [2.45, 2.75) is 31.8 Å². The molecule has 0 radical (unpaired) electrons. The zero-order chi connectivity index (χ0) is 12.4. The van der Waals surface area contributed by atoms with Crippen LogP contribution in [-0.2, 0) is 6.54 Å². The average Bonchev–Trinajstić information content (AvgIpc) is 2.46. The molecule has 3 heterocycles. The number of nitrogens with two attached hydrogens (primary N) is 1. The fourth-order valence-corrected chi connectivity index (χ4v) is 3.12. The quantitative estimate of drug-likeness (QED) is 0.830. The summed E-state index contributed by atoms with van der Waals surface area (Å²) in [6.45, 7) is 5.00. The van der Waals surface area contributed by atoms with Crippen LogP contribution in [0.4, 0.5) is 5.82 Å². The van der Waals surface area contributed by atoms with Gasteiger partial charge >= 0.3 is 0 Å². The van der Waals surface area contributed by atoms with Gasteiger partial charge in [-0.05, 0) is 19.4 Å². The average molecular weight is 247 g/mol. The highest BCUT2D eigenvalue weighted by Gasteiger charge is 2.30. The maximum atomic E-state index is 5.75. The second-order valence-electron chi connectivity index (χ2n) is 5.16. The van der Waals surface area contributed by atoms with Gasteiger partial charge in [0.25, 0.3) is 0 Å². The van der Waals surface area contributed by atoms with Gasteiger partial charge in [-0.3, -0.25) is 9.88 Å². The molecule has 0 saturated carbocycles. The van der Waals surface area contributed by atoms with Crippen molar-refractivity contribution >= 4 is 5.82 Å². The van der Waals surface area contributed by atoms with Gasteiger partial charge < -0.3 is 10.6 Å². The van der Waals surface area contributed by atoms with E-state index in [1.54, 1.807) is 12.4 Å². The second-order valence-corrected chi connectivity index (χ2v) is 5.16. The fourth-order valence-electron chi connectivity index (χ4n) is 3.12. The Morgan fingerprint density at radius 3 is 2.94 bits per heavy atom. The molecular weight excluding hydrogens is 226 g/mol. The first-order valence-electron chi connectivity index (χ1n) is 6.87. The third kappa shape index (κ3) is 2.20. The number of hydrogen-bond donors (Lipinski definition) is 1. The van der Waals surface area contributed by atoms with Crippen LogP contribution in [0.1, 0.15) is 25.0 Å². The van der Waals surface area contributed by atoms with Crippen molar-refractivity contribution in [3.8, 4) is 0 Å². The Labute approximate surface area is 108 Å². The number of anilines is 1. The lowest BCUT2D eigenvalue weighted by Crippen LogP contribution is -2.55. The van der Waals surface area contributed by atoms with Crippen LogP contribution in [0.15, 0.2) is 12.4 Å².